The molecule has 0 saturated carbocycles. The third kappa shape index (κ3) is 2.82. The Morgan fingerprint density at radius 2 is 2.04 bits per heavy atom. The molecule has 23 heavy (non-hydrogen) atoms. The number of benzene rings is 1. The lowest BCUT2D eigenvalue weighted by molar-refractivity contribution is -0.128. The van der Waals surface area contributed by atoms with Gasteiger partial charge in [-0.05, 0) is 29.8 Å². The van der Waals surface area contributed by atoms with Crippen LogP contribution in [0.5, 0.6) is 0 Å². The van der Waals surface area contributed by atoms with E-state index in [4.69, 9.17) is 11.6 Å². The van der Waals surface area contributed by atoms with Crippen molar-refractivity contribution in [1.82, 2.24) is 14.3 Å². The number of fused-ring (bicyclic) bond motifs is 1. The molecular weight excluding hydrogens is 330 g/mol. The zero-order valence-electron chi connectivity index (χ0n) is 12.2. The topological polar surface area (TPSA) is 37.6 Å². The minimum atomic E-state index is 0.0181. The van der Waals surface area contributed by atoms with Crippen LogP contribution in [0.3, 0.4) is 0 Å². The number of amides is 1. The molecule has 3 aromatic rings. The van der Waals surface area contributed by atoms with Gasteiger partial charge in [0.2, 0.25) is 5.91 Å². The molecule has 0 radical (unpaired) electrons. The SMILES string of the molecule is O=C1CSC(c2ccc(Cl)cc2)N1Cc1cn2ccccc2n1. The van der Waals surface area contributed by atoms with Crippen LogP contribution in [-0.2, 0) is 11.3 Å². The molecule has 1 aliphatic rings. The van der Waals surface area contributed by atoms with E-state index in [0.717, 1.165) is 16.9 Å². The van der Waals surface area contributed by atoms with Gasteiger partial charge in [0.25, 0.3) is 0 Å². The van der Waals surface area contributed by atoms with Gasteiger partial charge < -0.3 is 9.30 Å². The molecule has 0 N–H and O–H groups in total. The van der Waals surface area contributed by atoms with Gasteiger partial charge in [0.15, 0.2) is 0 Å². The molecule has 116 valence electrons. The van der Waals surface area contributed by atoms with Crippen molar-refractivity contribution in [3.05, 3.63) is 71.1 Å². The highest BCUT2D eigenvalue weighted by atomic mass is 35.5. The number of thioether (sulfide) groups is 1. The van der Waals surface area contributed by atoms with Crippen LogP contribution in [0.25, 0.3) is 5.65 Å². The number of hydrogen-bond acceptors (Lipinski definition) is 3. The van der Waals surface area contributed by atoms with E-state index >= 15 is 0 Å². The van der Waals surface area contributed by atoms with Gasteiger partial charge in [0.05, 0.1) is 18.0 Å². The van der Waals surface area contributed by atoms with Gasteiger partial charge in [0.1, 0.15) is 11.0 Å². The summed E-state index contributed by atoms with van der Waals surface area (Å²) < 4.78 is 1.97. The number of pyridine rings is 1. The maximum Gasteiger partial charge on any atom is 0.234 e. The predicted molar refractivity (Wildman–Crippen MR) is 92.4 cm³/mol. The summed E-state index contributed by atoms with van der Waals surface area (Å²) in [5.74, 6) is 0.646. The van der Waals surface area contributed by atoms with Crippen LogP contribution < -0.4 is 0 Å². The van der Waals surface area contributed by atoms with Crippen molar-refractivity contribution in [2.45, 2.75) is 11.9 Å². The van der Waals surface area contributed by atoms with Gasteiger partial charge >= 0.3 is 0 Å². The Labute approximate surface area is 143 Å². The van der Waals surface area contributed by atoms with E-state index in [9.17, 15) is 4.79 Å². The maximum absolute atomic E-state index is 12.3. The summed E-state index contributed by atoms with van der Waals surface area (Å²) in [7, 11) is 0. The van der Waals surface area contributed by atoms with Crippen molar-refractivity contribution in [3.63, 3.8) is 0 Å². The molecule has 0 spiro atoms. The lowest BCUT2D eigenvalue weighted by atomic mass is 10.2. The number of carbonyl (C=O) groups is 1. The second kappa shape index (κ2) is 5.91. The summed E-state index contributed by atoms with van der Waals surface area (Å²) in [5, 5.41) is 0.722. The Hall–Kier alpha value is -1.98. The van der Waals surface area contributed by atoms with Crippen LogP contribution >= 0.6 is 23.4 Å². The molecule has 1 saturated heterocycles. The van der Waals surface area contributed by atoms with Gasteiger partial charge in [0, 0.05) is 17.4 Å². The number of imidazole rings is 1. The first kappa shape index (κ1) is 14.6. The molecular formula is C17H14ClN3OS. The molecule has 6 heteroatoms. The zero-order valence-corrected chi connectivity index (χ0v) is 13.8. The molecule has 1 atom stereocenters. The van der Waals surface area contributed by atoms with Gasteiger partial charge in [-0.25, -0.2) is 4.98 Å². The van der Waals surface area contributed by atoms with Crippen LogP contribution in [0.4, 0.5) is 0 Å². The van der Waals surface area contributed by atoms with Gasteiger partial charge in [-0.2, -0.15) is 0 Å². The first-order valence-corrected chi connectivity index (χ1v) is 8.72. The number of rotatable bonds is 3. The quantitative estimate of drug-likeness (QED) is 0.726. The molecule has 2 aromatic heterocycles. The maximum atomic E-state index is 12.3. The fraction of sp³-hybridized carbons (Fsp3) is 0.176. The van der Waals surface area contributed by atoms with E-state index in [0.29, 0.717) is 17.3 Å². The number of halogens is 1. The van der Waals surface area contributed by atoms with E-state index in [2.05, 4.69) is 4.98 Å². The molecule has 4 rings (SSSR count). The highest BCUT2D eigenvalue weighted by molar-refractivity contribution is 8.00. The highest BCUT2D eigenvalue weighted by Gasteiger charge is 2.33. The summed E-state index contributed by atoms with van der Waals surface area (Å²) in [6, 6.07) is 13.6. The van der Waals surface area contributed by atoms with E-state index in [-0.39, 0.29) is 11.3 Å². The Balaban J connectivity index is 1.62. The fourth-order valence-corrected chi connectivity index (χ4v) is 4.08. The lowest BCUT2D eigenvalue weighted by Gasteiger charge is -2.23. The van der Waals surface area contributed by atoms with Crippen LogP contribution in [0.1, 0.15) is 16.6 Å². The standard InChI is InChI=1S/C17H14ClN3OS/c18-13-6-4-12(5-7-13)17-21(16(22)11-23-17)10-14-9-20-8-2-1-3-15(20)19-14/h1-9,17H,10-11H2. The highest BCUT2D eigenvalue weighted by Crippen LogP contribution is 2.39. The largest absolute Gasteiger partial charge is 0.320 e. The molecule has 4 nitrogen and oxygen atoms in total. The van der Waals surface area contributed by atoms with Crippen LogP contribution in [-0.4, -0.2) is 25.9 Å². The van der Waals surface area contributed by atoms with E-state index < -0.39 is 0 Å². The van der Waals surface area contributed by atoms with E-state index in [1.54, 1.807) is 11.8 Å². The van der Waals surface area contributed by atoms with E-state index in [1.165, 1.54) is 0 Å². The molecule has 3 heterocycles. The molecule has 1 fully saturated rings. The summed E-state index contributed by atoms with van der Waals surface area (Å²) in [6.45, 7) is 0.515. The smallest absolute Gasteiger partial charge is 0.234 e. The van der Waals surface area contributed by atoms with Gasteiger partial charge in [-0.3, -0.25) is 4.79 Å². The Morgan fingerprint density at radius 1 is 1.22 bits per heavy atom. The first-order chi connectivity index (χ1) is 11.2. The summed E-state index contributed by atoms with van der Waals surface area (Å²) in [5.41, 5.74) is 2.88. The van der Waals surface area contributed by atoms with Crippen molar-refractivity contribution in [2.24, 2.45) is 0 Å². The summed E-state index contributed by atoms with van der Waals surface area (Å²) in [6.07, 6.45) is 3.94. The fourth-order valence-electron chi connectivity index (χ4n) is 2.77. The normalized spacial score (nSPS) is 18.0. The summed E-state index contributed by atoms with van der Waals surface area (Å²) in [4.78, 5) is 18.8. The van der Waals surface area contributed by atoms with Gasteiger partial charge in [-0.15, -0.1) is 11.8 Å². The predicted octanol–water partition coefficient (Wildman–Crippen LogP) is 3.76. The van der Waals surface area contributed by atoms with Crippen molar-refractivity contribution in [2.75, 3.05) is 5.75 Å². The molecule has 0 bridgehead atoms. The number of nitrogens with zero attached hydrogens (tertiary/aromatic N) is 3. The second-order valence-electron chi connectivity index (χ2n) is 5.43. The van der Waals surface area contributed by atoms with Crippen molar-refractivity contribution < 1.29 is 4.79 Å². The average Bonchev–Trinajstić information content (AvgIpc) is 3.12. The first-order valence-electron chi connectivity index (χ1n) is 7.30. The molecule has 1 amide bonds. The van der Waals surface area contributed by atoms with Crippen molar-refractivity contribution in [1.29, 1.82) is 0 Å². The number of aromatic nitrogens is 2. The van der Waals surface area contributed by atoms with Crippen LogP contribution in [0.15, 0.2) is 54.9 Å². The zero-order chi connectivity index (χ0) is 15.8. The van der Waals surface area contributed by atoms with E-state index in [1.807, 2.05) is 64.2 Å². The second-order valence-corrected chi connectivity index (χ2v) is 6.94. The van der Waals surface area contributed by atoms with Gasteiger partial charge in [-0.1, -0.05) is 29.8 Å². The molecule has 1 aliphatic heterocycles. The number of hydrogen-bond donors (Lipinski definition) is 0. The Bertz CT molecular complexity index is 829. The van der Waals surface area contributed by atoms with Crippen LogP contribution in [0, 0.1) is 0 Å². The van der Waals surface area contributed by atoms with Crippen LogP contribution in [0.2, 0.25) is 5.02 Å². The van der Waals surface area contributed by atoms with Crippen molar-refractivity contribution in [3.8, 4) is 0 Å². The van der Waals surface area contributed by atoms with Crippen molar-refractivity contribution >= 4 is 34.9 Å². The third-order valence-electron chi connectivity index (χ3n) is 3.87. The third-order valence-corrected chi connectivity index (χ3v) is 5.38. The number of carbonyl (C=O) groups excluding carboxylic acids is 1. The molecule has 1 unspecified atom stereocenters. The minimum absolute atomic E-state index is 0.0181. The average molecular weight is 344 g/mol. The molecule has 1 aromatic carbocycles. The molecule has 0 aliphatic carbocycles. The summed E-state index contributed by atoms with van der Waals surface area (Å²) >= 11 is 7.60. The minimum Gasteiger partial charge on any atom is -0.320 e. The lowest BCUT2D eigenvalue weighted by Crippen LogP contribution is -2.27. The monoisotopic (exact) mass is 343 g/mol. The Kier molecular flexibility index (Phi) is 3.75. The Morgan fingerprint density at radius 3 is 2.83 bits per heavy atom.